The van der Waals surface area contributed by atoms with Crippen LogP contribution in [0.25, 0.3) is 0 Å². The quantitative estimate of drug-likeness (QED) is 0.497. The lowest BCUT2D eigenvalue weighted by molar-refractivity contribution is -0.116. The van der Waals surface area contributed by atoms with Crippen molar-refractivity contribution >= 4 is 50.5 Å². The number of carbonyl (C=O) groups excluding carboxylic acids is 1. The number of nitrogens with zero attached hydrogens (tertiary/aromatic N) is 3. The zero-order valence-electron chi connectivity index (χ0n) is 15.1. The van der Waals surface area contributed by atoms with Crippen molar-refractivity contribution in [2.75, 3.05) is 5.32 Å². The molecule has 1 amide bonds. The summed E-state index contributed by atoms with van der Waals surface area (Å²) in [6.07, 6.45) is 4.31. The van der Waals surface area contributed by atoms with Gasteiger partial charge in [-0.15, -0.1) is 11.3 Å². The number of rotatable bonds is 7. The zero-order valence-corrected chi connectivity index (χ0v) is 18.3. The van der Waals surface area contributed by atoms with Crippen LogP contribution >= 0.6 is 39.5 Å². The summed E-state index contributed by atoms with van der Waals surface area (Å²) < 4.78 is 3.29. The maximum Gasteiger partial charge on any atom is 0.246 e. The maximum absolute atomic E-state index is 12.4. The highest BCUT2D eigenvalue weighted by atomic mass is 79.9. The summed E-state index contributed by atoms with van der Waals surface area (Å²) in [5, 5.41) is 10.4. The van der Waals surface area contributed by atoms with Crippen molar-refractivity contribution in [3.05, 3.63) is 55.5 Å². The normalized spacial score (nSPS) is 10.9. The maximum atomic E-state index is 12.4. The smallest absolute Gasteiger partial charge is 0.246 e. The number of thiazole rings is 1. The fourth-order valence-electron chi connectivity index (χ4n) is 2.70. The highest BCUT2D eigenvalue weighted by molar-refractivity contribution is 9.10. The van der Waals surface area contributed by atoms with Gasteiger partial charge in [0.1, 0.15) is 12.4 Å². The number of hydrogen-bond donors (Lipinski definition) is 2. The van der Waals surface area contributed by atoms with Gasteiger partial charge in [0.25, 0.3) is 0 Å². The average molecular weight is 466 g/mol. The molecule has 0 fully saturated rings. The van der Waals surface area contributed by atoms with E-state index in [2.05, 4.69) is 68.5 Å². The molecular formula is C18H20BrN5OS2. The van der Waals surface area contributed by atoms with Crippen LogP contribution in [0, 0.1) is 11.7 Å². The van der Waals surface area contributed by atoms with Crippen LogP contribution < -0.4 is 5.32 Å². The van der Waals surface area contributed by atoms with Gasteiger partial charge in [0.05, 0.1) is 0 Å². The Morgan fingerprint density at radius 3 is 3.00 bits per heavy atom. The fourth-order valence-corrected chi connectivity index (χ4v) is 4.02. The molecule has 0 aliphatic heterocycles. The van der Waals surface area contributed by atoms with Crippen molar-refractivity contribution < 1.29 is 4.79 Å². The van der Waals surface area contributed by atoms with Gasteiger partial charge in [-0.1, -0.05) is 35.0 Å². The monoisotopic (exact) mass is 465 g/mol. The van der Waals surface area contributed by atoms with Crippen molar-refractivity contribution in [3.63, 3.8) is 0 Å². The summed E-state index contributed by atoms with van der Waals surface area (Å²) >= 11 is 10.2. The molecule has 2 aromatic heterocycles. The Bertz CT molecular complexity index is 1010. The van der Waals surface area contributed by atoms with Gasteiger partial charge < -0.3 is 5.32 Å². The van der Waals surface area contributed by atoms with Gasteiger partial charge in [-0.05, 0) is 42.8 Å². The van der Waals surface area contributed by atoms with Crippen LogP contribution in [0.2, 0.25) is 0 Å². The van der Waals surface area contributed by atoms with E-state index >= 15 is 0 Å². The standard InChI is InChI=1S/C18H20BrN5OS2/c1-3-4-15-22-23-18(26)24(15)10-16(25)21-17-20-9-13(27-17)8-12-5-6-14(19)11(2)7-12/h5-7,9H,3-4,8,10H2,1-2H3,(H,23,26)(H,20,21,25). The largest absolute Gasteiger partial charge is 0.300 e. The number of benzene rings is 1. The Morgan fingerprint density at radius 1 is 1.44 bits per heavy atom. The van der Waals surface area contributed by atoms with Gasteiger partial charge >= 0.3 is 0 Å². The van der Waals surface area contributed by atoms with E-state index in [1.807, 2.05) is 6.20 Å². The lowest BCUT2D eigenvalue weighted by Gasteiger charge is -2.05. The number of carbonyl (C=O) groups is 1. The zero-order chi connectivity index (χ0) is 19.4. The average Bonchev–Trinajstić information content (AvgIpc) is 3.20. The Balaban J connectivity index is 1.63. The minimum Gasteiger partial charge on any atom is -0.300 e. The van der Waals surface area contributed by atoms with Crippen molar-refractivity contribution in [1.82, 2.24) is 19.7 Å². The van der Waals surface area contributed by atoms with Gasteiger partial charge in [-0.2, -0.15) is 5.10 Å². The molecule has 3 aromatic rings. The van der Waals surface area contributed by atoms with Gasteiger partial charge in [-0.3, -0.25) is 14.5 Å². The van der Waals surface area contributed by atoms with Crippen molar-refractivity contribution in [2.45, 2.75) is 39.7 Å². The lowest BCUT2D eigenvalue weighted by atomic mass is 10.1. The molecule has 3 rings (SSSR count). The first-order chi connectivity index (χ1) is 13.0. The molecule has 0 spiro atoms. The Morgan fingerprint density at radius 2 is 2.26 bits per heavy atom. The number of hydrogen-bond acceptors (Lipinski definition) is 5. The number of anilines is 1. The first kappa shape index (κ1) is 19.9. The summed E-state index contributed by atoms with van der Waals surface area (Å²) in [6, 6.07) is 6.29. The molecule has 2 N–H and O–H groups in total. The summed E-state index contributed by atoms with van der Waals surface area (Å²) in [4.78, 5) is 17.8. The van der Waals surface area contributed by atoms with Crippen LogP contribution in [0.5, 0.6) is 0 Å². The van der Waals surface area contributed by atoms with E-state index in [0.29, 0.717) is 9.90 Å². The summed E-state index contributed by atoms with van der Waals surface area (Å²) in [5.41, 5.74) is 2.41. The third-order valence-electron chi connectivity index (χ3n) is 4.01. The molecule has 0 saturated carbocycles. The fraction of sp³-hybridized carbons (Fsp3) is 0.333. The summed E-state index contributed by atoms with van der Waals surface area (Å²) in [5.74, 6) is 0.633. The van der Waals surface area contributed by atoms with Gasteiger partial charge in [0.15, 0.2) is 9.90 Å². The van der Waals surface area contributed by atoms with E-state index < -0.39 is 0 Å². The van der Waals surface area contributed by atoms with Crippen LogP contribution in [0.1, 0.15) is 35.2 Å². The molecule has 0 radical (unpaired) electrons. The first-order valence-electron chi connectivity index (χ1n) is 8.60. The predicted octanol–water partition coefficient (Wildman–Crippen LogP) is 4.65. The second-order valence-electron chi connectivity index (χ2n) is 6.22. The van der Waals surface area contributed by atoms with E-state index in [4.69, 9.17) is 12.2 Å². The van der Waals surface area contributed by atoms with E-state index in [1.54, 1.807) is 4.57 Å². The summed E-state index contributed by atoms with van der Waals surface area (Å²) in [7, 11) is 0. The van der Waals surface area contributed by atoms with Crippen LogP contribution in [0.4, 0.5) is 5.13 Å². The van der Waals surface area contributed by atoms with E-state index in [-0.39, 0.29) is 12.5 Å². The summed E-state index contributed by atoms with van der Waals surface area (Å²) in [6.45, 7) is 4.26. The minimum atomic E-state index is -0.162. The third kappa shape index (κ3) is 5.12. The van der Waals surface area contributed by atoms with Crippen LogP contribution in [-0.2, 0) is 24.2 Å². The van der Waals surface area contributed by atoms with Crippen LogP contribution in [0.15, 0.2) is 28.9 Å². The number of amides is 1. The van der Waals surface area contributed by atoms with Crippen LogP contribution in [-0.4, -0.2) is 25.7 Å². The molecule has 1 aromatic carbocycles. The van der Waals surface area contributed by atoms with E-state index in [0.717, 1.165) is 34.4 Å². The van der Waals surface area contributed by atoms with Gasteiger partial charge in [0.2, 0.25) is 5.91 Å². The number of nitrogens with one attached hydrogen (secondary N) is 2. The number of aromatic nitrogens is 4. The predicted molar refractivity (Wildman–Crippen MR) is 114 cm³/mol. The highest BCUT2D eigenvalue weighted by Gasteiger charge is 2.12. The first-order valence-corrected chi connectivity index (χ1v) is 10.6. The molecule has 0 unspecified atom stereocenters. The molecule has 142 valence electrons. The molecule has 6 nitrogen and oxygen atoms in total. The number of halogens is 1. The molecule has 0 bridgehead atoms. The Kier molecular flexibility index (Phi) is 6.56. The van der Waals surface area contributed by atoms with Crippen LogP contribution in [0.3, 0.4) is 0 Å². The SMILES string of the molecule is CCCc1n[nH]c(=S)n1CC(=O)Nc1ncc(Cc2ccc(Br)c(C)c2)s1. The molecule has 2 heterocycles. The molecule has 9 heteroatoms. The Hall–Kier alpha value is -1.84. The van der Waals surface area contributed by atoms with Crippen molar-refractivity contribution in [1.29, 1.82) is 0 Å². The van der Waals surface area contributed by atoms with E-state index in [1.165, 1.54) is 22.5 Å². The molecule has 0 aliphatic carbocycles. The third-order valence-corrected chi connectivity index (χ3v) is 6.13. The number of aromatic amines is 1. The van der Waals surface area contributed by atoms with E-state index in [9.17, 15) is 4.79 Å². The van der Waals surface area contributed by atoms with Crippen molar-refractivity contribution in [2.24, 2.45) is 0 Å². The molecule has 0 atom stereocenters. The highest BCUT2D eigenvalue weighted by Crippen LogP contribution is 2.23. The Labute approximate surface area is 175 Å². The minimum absolute atomic E-state index is 0.130. The molecule has 0 saturated heterocycles. The molecule has 0 aliphatic rings. The van der Waals surface area contributed by atoms with Gasteiger partial charge in [-0.25, -0.2) is 4.98 Å². The van der Waals surface area contributed by atoms with Crippen molar-refractivity contribution in [3.8, 4) is 0 Å². The van der Waals surface area contributed by atoms with Gasteiger partial charge in [0, 0.05) is 28.4 Å². The second kappa shape index (κ2) is 8.90. The number of aryl methyl sites for hydroxylation is 2. The topological polar surface area (TPSA) is 75.6 Å². The number of H-pyrrole nitrogens is 1. The lowest BCUT2D eigenvalue weighted by Crippen LogP contribution is -2.20. The molecule has 27 heavy (non-hydrogen) atoms. The molecular weight excluding hydrogens is 446 g/mol. The second-order valence-corrected chi connectivity index (χ2v) is 8.58.